The molecule has 0 aliphatic heterocycles. The van der Waals surface area contributed by atoms with Crippen LogP contribution >= 0.6 is 12.2 Å². The van der Waals surface area contributed by atoms with E-state index in [0.29, 0.717) is 0 Å². The first-order valence-electron chi connectivity index (χ1n) is 0.428. The molecule has 0 radical (unpaired) electrons. The summed E-state index contributed by atoms with van der Waals surface area (Å²) in [6, 6.07) is 0. The summed E-state index contributed by atoms with van der Waals surface area (Å²) in [5.74, 6) is 0. The van der Waals surface area contributed by atoms with Gasteiger partial charge in [-0.2, -0.15) is 5.16 Å². The van der Waals surface area contributed by atoms with Crippen molar-refractivity contribution >= 4 is 17.4 Å². The first-order chi connectivity index (χ1) is 1.41. The van der Waals surface area contributed by atoms with Gasteiger partial charge in [-0.25, -0.2) is 0 Å². The van der Waals surface area contributed by atoms with Gasteiger partial charge in [-0.05, 0) is 0 Å². The molecule has 0 saturated carbocycles. The van der Waals surface area contributed by atoms with Crippen molar-refractivity contribution in [3.8, 4) is 0 Å². The topological polar surface area (TPSA) is 22.3 Å². The van der Waals surface area contributed by atoms with E-state index in [2.05, 4.69) is 12.2 Å². The van der Waals surface area contributed by atoms with E-state index in [9.17, 15) is 0 Å². The molecule has 0 unspecified atom stereocenters. The SMILES string of the molecule is [N-]=C=S.[U]. The van der Waals surface area contributed by atoms with E-state index in [4.69, 9.17) is 5.41 Å². The molecule has 0 aromatic carbocycles. The molecule has 1 nitrogen and oxygen atoms in total. The van der Waals surface area contributed by atoms with Crippen molar-refractivity contribution in [1.29, 1.82) is 0 Å². The molecule has 0 spiro atoms. The molecule has 0 amide bonds. The van der Waals surface area contributed by atoms with Crippen molar-refractivity contribution in [1.82, 2.24) is 0 Å². The van der Waals surface area contributed by atoms with Crippen molar-refractivity contribution in [3.05, 3.63) is 5.41 Å². The van der Waals surface area contributed by atoms with E-state index < -0.39 is 0 Å². The van der Waals surface area contributed by atoms with Crippen LogP contribution in [0.1, 0.15) is 0 Å². The third-order valence-corrected chi connectivity index (χ3v) is 0. The van der Waals surface area contributed by atoms with E-state index in [1.54, 1.807) is 0 Å². The Morgan fingerprint density at radius 1 is 1.75 bits per heavy atom. The second-order valence-corrected chi connectivity index (χ2v) is 0.274. The Kier molecular flexibility index (Phi) is 20.2. The molecule has 0 rings (SSSR count). The fraction of sp³-hybridized carbons (Fsp3) is 0. The van der Waals surface area contributed by atoms with Gasteiger partial charge >= 0.3 is 0 Å². The molecule has 0 heterocycles. The summed E-state index contributed by atoms with van der Waals surface area (Å²) in [5.41, 5.74) is 0. The van der Waals surface area contributed by atoms with Crippen LogP contribution in [0.5, 0.6) is 0 Å². The Hall–Kier alpha value is 0.852. The Morgan fingerprint density at radius 2 is 1.75 bits per heavy atom. The first-order valence-corrected chi connectivity index (χ1v) is 0.836. The van der Waals surface area contributed by atoms with Gasteiger partial charge in [0.2, 0.25) is 0 Å². The summed E-state index contributed by atoms with van der Waals surface area (Å²) in [6.45, 7) is 0. The second kappa shape index (κ2) is 9.13. The summed E-state index contributed by atoms with van der Waals surface area (Å²) in [6.07, 6.45) is 0. The fourth-order valence-electron chi connectivity index (χ4n) is 0. The van der Waals surface area contributed by atoms with Gasteiger partial charge in [0.15, 0.2) is 0 Å². The van der Waals surface area contributed by atoms with Crippen molar-refractivity contribution in [2.75, 3.05) is 0 Å². The Bertz CT molecular complexity index is 29.0. The molecular weight excluding hydrogens is 296 g/mol. The second-order valence-electron chi connectivity index (χ2n) is 0.0913. The van der Waals surface area contributed by atoms with Gasteiger partial charge in [0.25, 0.3) is 0 Å². The molecule has 20 valence electrons. The Labute approximate surface area is 53.7 Å². The molecule has 0 aromatic rings. The number of hydrogen-bond donors (Lipinski definition) is 0. The van der Waals surface area contributed by atoms with Crippen LogP contribution in [-0.2, 0) is 0 Å². The maximum atomic E-state index is 7.13. The van der Waals surface area contributed by atoms with E-state index in [0.717, 1.165) is 0 Å². The molecule has 0 aliphatic carbocycles. The summed E-state index contributed by atoms with van der Waals surface area (Å²) in [7, 11) is 0. The van der Waals surface area contributed by atoms with Crippen LogP contribution in [0.4, 0.5) is 0 Å². The average molecular weight is 296 g/mol. The van der Waals surface area contributed by atoms with Crippen molar-refractivity contribution in [3.63, 3.8) is 0 Å². The molecular formula is CNSU-. The van der Waals surface area contributed by atoms with Gasteiger partial charge in [0, 0.05) is 31.1 Å². The van der Waals surface area contributed by atoms with Crippen LogP contribution < -0.4 is 0 Å². The molecule has 0 atom stereocenters. The molecule has 0 fully saturated rings. The molecule has 3 heteroatoms. The molecule has 0 aliphatic rings. The minimum Gasteiger partial charge on any atom is -0.753 e. The molecule has 0 bridgehead atoms. The third-order valence-electron chi connectivity index (χ3n) is 0. The standard InChI is InChI=1S/CNS.U/c2-1-3;/q-1;. The van der Waals surface area contributed by atoms with Crippen LogP contribution in [0.3, 0.4) is 0 Å². The van der Waals surface area contributed by atoms with E-state index in [1.165, 1.54) is 5.16 Å². The maximum absolute atomic E-state index is 7.13. The van der Waals surface area contributed by atoms with E-state index in [1.807, 2.05) is 0 Å². The number of rotatable bonds is 0. The summed E-state index contributed by atoms with van der Waals surface area (Å²) in [5, 5.41) is 8.47. The number of nitrogens with zero attached hydrogens (tertiary/aromatic N) is 1. The Balaban J connectivity index is 0. The summed E-state index contributed by atoms with van der Waals surface area (Å²) in [4.78, 5) is 0. The number of isothiocyanates is 1. The zero-order valence-corrected chi connectivity index (χ0v) is 6.84. The monoisotopic (exact) mass is 296 g/mol. The van der Waals surface area contributed by atoms with Gasteiger partial charge < -0.3 is 5.41 Å². The van der Waals surface area contributed by atoms with Gasteiger partial charge in [0.05, 0.1) is 0 Å². The molecule has 0 N–H and O–H groups in total. The third kappa shape index (κ3) is 13.5. The van der Waals surface area contributed by atoms with Crippen LogP contribution in [0.25, 0.3) is 5.41 Å². The molecule has 0 aromatic heterocycles. The summed E-state index contributed by atoms with van der Waals surface area (Å²) >= 11 is 3.70. The fourth-order valence-corrected chi connectivity index (χ4v) is 0. The minimum absolute atomic E-state index is 0. The number of hydrogen-bond acceptors (Lipinski definition) is 1. The van der Waals surface area contributed by atoms with Crippen molar-refractivity contribution in [2.24, 2.45) is 0 Å². The predicted molar refractivity (Wildman–Crippen MR) is 16.0 cm³/mol. The first kappa shape index (κ1) is 8.85. The number of thiocarbonyl (C=S) groups is 1. The molecule has 4 heavy (non-hydrogen) atoms. The van der Waals surface area contributed by atoms with Crippen LogP contribution in [-0.4, -0.2) is 5.16 Å². The van der Waals surface area contributed by atoms with Crippen LogP contribution in [0.2, 0.25) is 0 Å². The largest absolute Gasteiger partial charge is 0.753 e. The van der Waals surface area contributed by atoms with Crippen LogP contribution in [0.15, 0.2) is 0 Å². The van der Waals surface area contributed by atoms with Gasteiger partial charge in [-0.15, -0.1) is 0 Å². The normalized spacial score (nSPS) is 2.00. The van der Waals surface area contributed by atoms with Crippen molar-refractivity contribution in [2.45, 2.75) is 0 Å². The quantitative estimate of drug-likeness (QED) is 0.475. The maximum Gasteiger partial charge on any atom is 0 e. The van der Waals surface area contributed by atoms with E-state index in [-0.39, 0.29) is 31.1 Å². The zero-order valence-electron chi connectivity index (χ0n) is 1.86. The van der Waals surface area contributed by atoms with Gasteiger partial charge in [0.1, 0.15) is 0 Å². The van der Waals surface area contributed by atoms with E-state index >= 15 is 0 Å². The zero-order chi connectivity index (χ0) is 2.71. The van der Waals surface area contributed by atoms with Gasteiger partial charge in [-0.3, -0.25) is 0 Å². The molecule has 0 saturated heterocycles. The minimum atomic E-state index is 0. The van der Waals surface area contributed by atoms with Crippen molar-refractivity contribution < 1.29 is 31.1 Å². The smallest absolute Gasteiger partial charge is 0 e. The Morgan fingerprint density at radius 3 is 1.75 bits per heavy atom. The average Bonchev–Trinajstić information content (AvgIpc) is 0.918. The summed E-state index contributed by atoms with van der Waals surface area (Å²) < 4.78 is 0. The predicted octanol–water partition coefficient (Wildman–Crippen LogP) is 0.659. The van der Waals surface area contributed by atoms with Crippen LogP contribution in [0, 0.1) is 31.1 Å². The van der Waals surface area contributed by atoms with Gasteiger partial charge in [-0.1, -0.05) is 12.2 Å².